The third-order valence-corrected chi connectivity index (χ3v) is 10.2. The van der Waals surface area contributed by atoms with Gasteiger partial charge in [-0.3, -0.25) is 18.6 Å². The van der Waals surface area contributed by atoms with E-state index in [2.05, 4.69) is 135 Å². The van der Waals surface area contributed by atoms with Gasteiger partial charge in [0.25, 0.3) is 0 Å². The Morgan fingerprint density at radius 2 is 0.873 bits per heavy atom. The monoisotopic (exact) mass is 898 g/mol. The van der Waals surface area contributed by atoms with Crippen molar-refractivity contribution in [2.24, 2.45) is 5.73 Å². The Bertz CT molecular complexity index is 1460. The average Bonchev–Trinajstić information content (AvgIpc) is 3.26. The van der Waals surface area contributed by atoms with Gasteiger partial charge in [0.15, 0.2) is 0 Å². The number of nitrogens with two attached hydrogens (primary N) is 1. The predicted molar refractivity (Wildman–Crippen MR) is 262 cm³/mol. The Hall–Kier alpha value is -3.63. The molecule has 0 aliphatic heterocycles. The highest BCUT2D eigenvalue weighted by Gasteiger charge is 2.27. The van der Waals surface area contributed by atoms with Crippen molar-refractivity contribution in [3.8, 4) is 0 Å². The number of carboxylic acid groups (broad SMARTS) is 1. The number of carboxylic acids is 1. The van der Waals surface area contributed by atoms with Gasteiger partial charge in [-0.25, -0.2) is 4.57 Å². The van der Waals surface area contributed by atoms with Crippen molar-refractivity contribution < 1.29 is 42.7 Å². The number of unbranched alkanes of at least 4 members (excludes halogenated alkanes) is 9. The molecule has 0 fully saturated rings. The second kappa shape index (κ2) is 46.4. The van der Waals surface area contributed by atoms with Crippen LogP contribution in [0, 0.1) is 0 Å². The lowest BCUT2D eigenvalue weighted by Crippen LogP contribution is -2.34. The Labute approximate surface area is 382 Å². The third-order valence-electron chi connectivity index (χ3n) is 9.24. The number of carbonyl (C=O) groups is 2. The van der Waals surface area contributed by atoms with Gasteiger partial charge in [0.1, 0.15) is 12.1 Å². The lowest BCUT2D eigenvalue weighted by Gasteiger charge is -2.20. The molecule has 0 bridgehead atoms. The quantitative estimate of drug-likeness (QED) is 0.0233. The van der Waals surface area contributed by atoms with Gasteiger partial charge in [0.05, 0.1) is 19.8 Å². The van der Waals surface area contributed by atoms with Crippen LogP contribution in [0.3, 0.4) is 0 Å². The van der Waals surface area contributed by atoms with Crippen molar-refractivity contribution in [3.63, 3.8) is 0 Å². The number of carbonyl (C=O) groups excluding carboxylic acids is 1. The number of esters is 1. The molecule has 0 radical (unpaired) electrons. The first-order chi connectivity index (χ1) is 30.7. The Morgan fingerprint density at radius 1 is 0.508 bits per heavy atom. The smallest absolute Gasteiger partial charge is 0.472 e. The maximum absolute atomic E-state index is 12.7. The lowest BCUT2D eigenvalue weighted by atomic mass is 10.1. The summed E-state index contributed by atoms with van der Waals surface area (Å²) in [5, 5.41) is 8.92. The van der Waals surface area contributed by atoms with Crippen molar-refractivity contribution in [1.82, 2.24) is 0 Å². The molecule has 0 amide bonds. The second-order valence-electron chi connectivity index (χ2n) is 15.1. The molecule has 0 aromatic rings. The summed E-state index contributed by atoms with van der Waals surface area (Å²) in [7, 11) is -4.65. The summed E-state index contributed by atoms with van der Waals surface area (Å²) >= 11 is 0. The number of hydrogen-bond acceptors (Lipinski definition) is 8. The third kappa shape index (κ3) is 46.2. The van der Waals surface area contributed by atoms with Crippen molar-refractivity contribution in [2.45, 2.75) is 167 Å². The zero-order valence-electron chi connectivity index (χ0n) is 38.9. The SMILES string of the molecule is CC/C=C\C/C=C\C/C=C\C/C=C\C/C=C\C/C=C\CCCOCC(COP(=O)(O)OCC(N)C(=O)O)OC(=O)CCCCCCCCCC/C=C\C/C=C\C/C=C\C/C=C\CC. The summed E-state index contributed by atoms with van der Waals surface area (Å²) in [6.07, 6.45) is 64.0. The summed E-state index contributed by atoms with van der Waals surface area (Å²) in [5.74, 6) is -1.82. The summed E-state index contributed by atoms with van der Waals surface area (Å²) < 4.78 is 33.3. The molecule has 3 atom stereocenters. The highest BCUT2D eigenvalue weighted by molar-refractivity contribution is 7.47. The molecule has 0 saturated carbocycles. The van der Waals surface area contributed by atoms with Crippen LogP contribution in [-0.2, 0) is 32.7 Å². The van der Waals surface area contributed by atoms with Crippen LogP contribution in [-0.4, -0.2) is 60.5 Å². The maximum Gasteiger partial charge on any atom is 0.472 e. The number of phosphoric acid groups is 1. The number of rotatable bonds is 43. The predicted octanol–water partition coefficient (Wildman–Crippen LogP) is 13.6. The fourth-order valence-electron chi connectivity index (χ4n) is 5.67. The molecule has 0 saturated heterocycles. The summed E-state index contributed by atoms with van der Waals surface area (Å²) in [6.45, 7) is 3.47. The van der Waals surface area contributed by atoms with Gasteiger partial charge in [-0.2, -0.15) is 0 Å². The zero-order valence-corrected chi connectivity index (χ0v) is 39.8. The first-order valence-electron chi connectivity index (χ1n) is 23.6. The Kier molecular flexibility index (Phi) is 43.7. The van der Waals surface area contributed by atoms with E-state index in [9.17, 15) is 19.0 Å². The summed E-state index contributed by atoms with van der Waals surface area (Å²) in [5.41, 5.74) is 5.36. The molecular formula is C52H84NO9P. The topological polar surface area (TPSA) is 155 Å². The van der Waals surface area contributed by atoms with Gasteiger partial charge in [-0.05, 0) is 96.3 Å². The normalized spacial score (nSPS) is 14.9. The lowest BCUT2D eigenvalue weighted by molar-refractivity contribution is -0.154. The van der Waals surface area contributed by atoms with Crippen molar-refractivity contribution >= 4 is 19.8 Å². The van der Waals surface area contributed by atoms with E-state index < -0.39 is 45.1 Å². The van der Waals surface area contributed by atoms with E-state index in [0.29, 0.717) is 13.0 Å². The molecule has 356 valence electrons. The molecule has 3 unspecified atom stereocenters. The molecule has 10 nitrogen and oxygen atoms in total. The van der Waals surface area contributed by atoms with Crippen LogP contribution >= 0.6 is 7.82 Å². The molecule has 4 N–H and O–H groups in total. The highest BCUT2D eigenvalue weighted by Crippen LogP contribution is 2.43. The van der Waals surface area contributed by atoms with Crippen molar-refractivity contribution in [2.75, 3.05) is 26.4 Å². The van der Waals surface area contributed by atoms with Crippen LogP contribution < -0.4 is 5.73 Å². The largest absolute Gasteiger partial charge is 0.480 e. The fraction of sp³-hybridized carbons (Fsp3) is 0.577. The van der Waals surface area contributed by atoms with Crippen LogP contribution in [0.2, 0.25) is 0 Å². The molecule has 0 aliphatic carbocycles. The summed E-state index contributed by atoms with van der Waals surface area (Å²) in [6, 6.07) is -1.49. The van der Waals surface area contributed by atoms with Crippen LogP contribution in [0.4, 0.5) is 0 Å². The molecule has 0 aromatic carbocycles. The number of phosphoric ester groups is 1. The first kappa shape index (κ1) is 59.4. The van der Waals surface area contributed by atoms with Crippen molar-refractivity contribution in [1.29, 1.82) is 0 Å². The van der Waals surface area contributed by atoms with E-state index >= 15 is 0 Å². The number of allylic oxidation sites excluding steroid dienone is 20. The van der Waals surface area contributed by atoms with Crippen molar-refractivity contribution in [3.05, 3.63) is 122 Å². The molecule has 0 aliphatic rings. The molecule has 0 aromatic heterocycles. The van der Waals surface area contributed by atoms with E-state index in [1.54, 1.807) is 0 Å². The number of ether oxygens (including phenoxy) is 2. The fourth-order valence-corrected chi connectivity index (χ4v) is 6.45. The molecule has 0 heterocycles. The van der Waals surface area contributed by atoms with Crippen LogP contribution in [0.1, 0.15) is 155 Å². The van der Waals surface area contributed by atoms with Gasteiger partial charge in [-0.1, -0.05) is 174 Å². The minimum absolute atomic E-state index is 0.0353. The zero-order chi connectivity index (χ0) is 46.2. The molecule has 63 heavy (non-hydrogen) atoms. The van der Waals surface area contributed by atoms with E-state index in [0.717, 1.165) is 103 Å². The molecule has 0 rings (SSSR count). The van der Waals surface area contributed by atoms with Gasteiger partial charge in [-0.15, -0.1) is 0 Å². The van der Waals surface area contributed by atoms with E-state index in [4.69, 9.17) is 29.4 Å². The van der Waals surface area contributed by atoms with Gasteiger partial charge >= 0.3 is 19.8 Å². The van der Waals surface area contributed by atoms with Gasteiger partial charge in [0.2, 0.25) is 0 Å². The maximum atomic E-state index is 12.7. The second-order valence-corrected chi connectivity index (χ2v) is 16.6. The Morgan fingerprint density at radius 3 is 1.30 bits per heavy atom. The number of hydrogen-bond donors (Lipinski definition) is 3. The average molecular weight is 898 g/mol. The standard InChI is InChI=1S/C52H84NO9P/c1-3-5-7-9-11-13-15-17-19-21-23-25-26-28-30-32-34-36-38-40-42-44-51(54)62-49(47-60-63(57,58)61-48-50(53)52(55)56)46-59-45-43-41-39-37-35-33-31-29-27-24-22-20-18-16-14-12-10-8-6-4-2/h5-8,11-14,17-20,23-25,27,31,33,37,39,49-50H,3-4,9-10,15-16,21-22,26,28-30,32,34-36,38,40-48,53H2,1-2H3,(H,55,56)(H,57,58)/b7-5-,8-6-,13-11-,14-12-,19-17-,20-18-,25-23-,27-24-,33-31-,39-37-. The van der Waals surface area contributed by atoms with E-state index in [1.165, 1.54) is 25.7 Å². The van der Waals surface area contributed by atoms with Gasteiger partial charge in [0, 0.05) is 13.0 Å². The first-order valence-corrected chi connectivity index (χ1v) is 25.1. The van der Waals surface area contributed by atoms with E-state index in [1.807, 2.05) is 0 Å². The molecule has 0 spiro atoms. The minimum Gasteiger partial charge on any atom is -0.480 e. The highest BCUT2D eigenvalue weighted by atomic mass is 31.2. The van der Waals surface area contributed by atoms with Crippen LogP contribution in [0.5, 0.6) is 0 Å². The molecular weight excluding hydrogens is 814 g/mol. The van der Waals surface area contributed by atoms with E-state index in [-0.39, 0.29) is 13.0 Å². The number of aliphatic carboxylic acids is 1. The van der Waals surface area contributed by atoms with Gasteiger partial charge < -0.3 is 25.2 Å². The minimum atomic E-state index is -4.65. The summed E-state index contributed by atoms with van der Waals surface area (Å²) in [4.78, 5) is 33.6. The van der Waals surface area contributed by atoms with Crippen LogP contribution in [0.15, 0.2) is 122 Å². The molecule has 11 heteroatoms. The van der Waals surface area contributed by atoms with Crippen LogP contribution in [0.25, 0.3) is 0 Å². The Balaban J connectivity index is 4.34.